The first-order valence-corrected chi connectivity index (χ1v) is 9.69. The standard InChI is InChI=1S/C22H30N2O/c1-3-4-9-22(25)23-21-12-14-24(15-13-21)17(2)19-11-10-18-7-5-6-8-20(18)16-19/h5-8,10-11,16-17,21H,3-4,9,12-15H2,1-2H3,(H,23,25)/t17-/m1/s1. The Morgan fingerprint density at radius 3 is 2.60 bits per heavy atom. The highest BCUT2D eigenvalue weighted by molar-refractivity contribution is 5.83. The van der Waals surface area contributed by atoms with E-state index in [2.05, 4.69) is 66.5 Å². The summed E-state index contributed by atoms with van der Waals surface area (Å²) in [6.45, 7) is 6.52. The molecule has 1 N–H and O–H groups in total. The molecule has 134 valence electrons. The first kappa shape index (κ1) is 17.9. The Morgan fingerprint density at radius 1 is 1.16 bits per heavy atom. The number of piperidine rings is 1. The van der Waals surface area contributed by atoms with E-state index in [1.54, 1.807) is 0 Å². The van der Waals surface area contributed by atoms with Crippen LogP contribution in [0.25, 0.3) is 10.8 Å². The zero-order chi connectivity index (χ0) is 17.6. The molecule has 0 radical (unpaired) electrons. The molecule has 0 saturated carbocycles. The summed E-state index contributed by atoms with van der Waals surface area (Å²) < 4.78 is 0. The topological polar surface area (TPSA) is 32.3 Å². The monoisotopic (exact) mass is 338 g/mol. The number of nitrogens with one attached hydrogen (secondary N) is 1. The van der Waals surface area contributed by atoms with Crippen molar-refractivity contribution in [2.75, 3.05) is 13.1 Å². The third kappa shape index (κ3) is 4.60. The number of amides is 1. The number of hydrogen-bond acceptors (Lipinski definition) is 2. The molecule has 3 rings (SSSR count). The molecule has 0 aromatic heterocycles. The van der Waals surface area contributed by atoms with Crippen molar-refractivity contribution in [3.63, 3.8) is 0 Å². The van der Waals surface area contributed by atoms with Crippen LogP contribution in [0.2, 0.25) is 0 Å². The molecular formula is C22H30N2O. The first-order valence-electron chi connectivity index (χ1n) is 9.69. The molecule has 1 aliphatic rings. The molecule has 25 heavy (non-hydrogen) atoms. The van der Waals surface area contributed by atoms with Crippen LogP contribution in [-0.4, -0.2) is 29.9 Å². The molecule has 1 amide bonds. The summed E-state index contributed by atoms with van der Waals surface area (Å²) in [5, 5.41) is 5.82. The second-order valence-corrected chi connectivity index (χ2v) is 7.26. The van der Waals surface area contributed by atoms with Gasteiger partial charge in [0, 0.05) is 31.6 Å². The number of rotatable bonds is 6. The minimum Gasteiger partial charge on any atom is -0.353 e. The molecule has 1 aliphatic heterocycles. The van der Waals surface area contributed by atoms with Gasteiger partial charge in [-0.15, -0.1) is 0 Å². The van der Waals surface area contributed by atoms with E-state index in [0.717, 1.165) is 38.8 Å². The lowest BCUT2D eigenvalue weighted by Gasteiger charge is -2.36. The molecule has 1 heterocycles. The van der Waals surface area contributed by atoms with Gasteiger partial charge >= 0.3 is 0 Å². The van der Waals surface area contributed by atoms with Gasteiger partial charge in [-0.3, -0.25) is 9.69 Å². The lowest BCUT2D eigenvalue weighted by Crippen LogP contribution is -2.45. The molecule has 2 aromatic rings. The van der Waals surface area contributed by atoms with Gasteiger partial charge in [0.15, 0.2) is 0 Å². The predicted octanol–water partition coefficient (Wildman–Crippen LogP) is 4.67. The Morgan fingerprint density at radius 2 is 1.88 bits per heavy atom. The highest BCUT2D eigenvalue weighted by Gasteiger charge is 2.24. The largest absolute Gasteiger partial charge is 0.353 e. The van der Waals surface area contributed by atoms with E-state index in [0.29, 0.717) is 18.5 Å². The fourth-order valence-electron chi connectivity index (χ4n) is 3.75. The van der Waals surface area contributed by atoms with Gasteiger partial charge in [-0.2, -0.15) is 0 Å². The number of carbonyl (C=O) groups excluding carboxylic acids is 1. The predicted molar refractivity (Wildman–Crippen MR) is 105 cm³/mol. The lowest BCUT2D eigenvalue weighted by atomic mass is 9.98. The molecule has 0 aliphatic carbocycles. The summed E-state index contributed by atoms with van der Waals surface area (Å²) in [7, 11) is 0. The maximum absolute atomic E-state index is 11.9. The van der Waals surface area contributed by atoms with Crippen LogP contribution in [0.4, 0.5) is 0 Å². The van der Waals surface area contributed by atoms with Crippen molar-refractivity contribution < 1.29 is 4.79 Å². The molecule has 0 bridgehead atoms. The number of hydrogen-bond donors (Lipinski definition) is 1. The quantitative estimate of drug-likeness (QED) is 0.830. The van der Waals surface area contributed by atoms with Gasteiger partial charge in [-0.25, -0.2) is 0 Å². The zero-order valence-corrected chi connectivity index (χ0v) is 15.5. The molecule has 3 heteroatoms. The molecule has 0 unspecified atom stereocenters. The molecule has 3 nitrogen and oxygen atoms in total. The number of unbranched alkanes of at least 4 members (excludes halogenated alkanes) is 1. The van der Waals surface area contributed by atoms with Crippen LogP contribution in [0.3, 0.4) is 0 Å². The summed E-state index contributed by atoms with van der Waals surface area (Å²) in [5.74, 6) is 0.225. The van der Waals surface area contributed by atoms with Crippen molar-refractivity contribution in [1.82, 2.24) is 10.2 Å². The van der Waals surface area contributed by atoms with Crippen molar-refractivity contribution in [3.8, 4) is 0 Å². The highest BCUT2D eigenvalue weighted by atomic mass is 16.1. The van der Waals surface area contributed by atoms with E-state index in [4.69, 9.17) is 0 Å². The van der Waals surface area contributed by atoms with Crippen LogP contribution in [0.15, 0.2) is 42.5 Å². The SMILES string of the molecule is CCCCC(=O)NC1CCN([C@H](C)c2ccc3ccccc3c2)CC1. The first-order chi connectivity index (χ1) is 12.2. The van der Waals surface area contributed by atoms with E-state index < -0.39 is 0 Å². The third-order valence-electron chi connectivity index (χ3n) is 5.46. The lowest BCUT2D eigenvalue weighted by molar-refractivity contribution is -0.122. The summed E-state index contributed by atoms with van der Waals surface area (Å²) in [6, 6.07) is 16.1. The second kappa shape index (κ2) is 8.48. The number of fused-ring (bicyclic) bond motifs is 1. The van der Waals surface area contributed by atoms with Crippen molar-refractivity contribution in [2.24, 2.45) is 0 Å². The fourth-order valence-corrected chi connectivity index (χ4v) is 3.75. The Hall–Kier alpha value is -1.87. The van der Waals surface area contributed by atoms with Crippen molar-refractivity contribution >= 4 is 16.7 Å². The Labute approximate surface area is 151 Å². The van der Waals surface area contributed by atoms with E-state index in [1.165, 1.54) is 16.3 Å². The summed E-state index contributed by atoms with van der Waals surface area (Å²) in [4.78, 5) is 14.4. The third-order valence-corrected chi connectivity index (χ3v) is 5.46. The fraction of sp³-hybridized carbons (Fsp3) is 0.500. The minimum absolute atomic E-state index is 0.225. The molecular weight excluding hydrogens is 308 g/mol. The van der Waals surface area contributed by atoms with Crippen LogP contribution in [-0.2, 0) is 4.79 Å². The van der Waals surface area contributed by atoms with Gasteiger partial charge in [0.2, 0.25) is 5.91 Å². The Bertz CT molecular complexity index is 704. The average Bonchev–Trinajstić information content (AvgIpc) is 2.66. The zero-order valence-electron chi connectivity index (χ0n) is 15.5. The van der Waals surface area contributed by atoms with E-state index in [9.17, 15) is 4.79 Å². The van der Waals surface area contributed by atoms with Crippen LogP contribution in [0.1, 0.15) is 57.6 Å². The average molecular weight is 338 g/mol. The van der Waals surface area contributed by atoms with E-state index in [1.807, 2.05) is 0 Å². The van der Waals surface area contributed by atoms with Gasteiger partial charge in [-0.1, -0.05) is 49.7 Å². The smallest absolute Gasteiger partial charge is 0.220 e. The van der Waals surface area contributed by atoms with E-state index >= 15 is 0 Å². The second-order valence-electron chi connectivity index (χ2n) is 7.26. The minimum atomic E-state index is 0.225. The van der Waals surface area contributed by atoms with Gasteiger partial charge in [0.05, 0.1) is 0 Å². The summed E-state index contributed by atoms with van der Waals surface area (Å²) in [5.41, 5.74) is 1.38. The number of likely N-dealkylation sites (tertiary alicyclic amines) is 1. The molecule has 1 fully saturated rings. The maximum Gasteiger partial charge on any atom is 0.220 e. The molecule has 0 spiro atoms. The Balaban J connectivity index is 1.55. The highest BCUT2D eigenvalue weighted by Crippen LogP contribution is 2.27. The van der Waals surface area contributed by atoms with Crippen LogP contribution >= 0.6 is 0 Å². The van der Waals surface area contributed by atoms with Crippen molar-refractivity contribution in [1.29, 1.82) is 0 Å². The molecule has 2 aromatic carbocycles. The maximum atomic E-state index is 11.9. The summed E-state index contributed by atoms with van der Waals surface area (Å²) in [6.07, 6.45) is 4.84. The number of benzene rings is 2. The molecule has 1 atom stereocenters. The molecule has 1 saturated heterocycles. The van der Waals surface area contributed by atoms with Crippen LogP contribution in [0, 0.1) is 0 Å². The van der Waals surface area contributed by atoms with Crippen molar-refractivity contribution in [2.45, 2.75) is 58.0 Å². The normalized spacial score (nSPS) is 17.5. The van der Waals surface area contributed by atoms with Gasteiger partial charge in [0.25, 0.3) is 0 Å². The van der Waals surface area contributed by atoms with Gasteiger partial charge in [-0.05, 0) is 48.6 Å². The number of carbonyl (C=O) groups is 1. The number of nitrogens with zero attached hydrogens (tertiary/aromatic N) is 1. The van der Waals surface area contributed by atoms with Crippen LogP contribution in [0.5, 0.6) is 0 Å². The van der Waals surface area contributed by atoms with Gasteiger partial charge < -0.3 is 5.32 Å². The summed E-state index contributed by atoms with van der Waals surface area (Å²) >= 11 is 0. The van der Waals surface area contributed by atoms with Crippen LogP contribution < -0.4 is 5.32 Å². The Kier molecular flexibility index (Phi) is 6.09. The van der Waals surface area contributed by atoms with E-state index in [-0.39, 0.29) is 5.91 Å². The van der Waals surface area contributed by atoms with Gasteiger partial charge in [0.1, 0.15) is 0 Å². The van der Waals surface area contributed by atoms with Crippen molar-refractivity contribution in [3.05, 3.63) is 48.0 Å².